The maximum atomic E-state index is 12.3. The van der Waals surface area contributed by atoms with Crippen molar-refractivity contribution in [1.82, 2.24) is 10.2 Å². The number of carbonyl (C=O) groups is 1. The van der Waals surface area contributed by atoms with Gasteiger partial charge < -0.3 is 35.1 Å². The number of benzene rings is 1. The second kappa shape index (κ2) is 9.42. The average Bonchev–Trinajstić information content (AvgIpc) is 3.33. The van der Waals surface area contributed by atoms with Crippen molar-refractivity contribution < 1.29 is 29.2 Å². The first-order valence-corrected chi connectivity index (χ1v) is 9.52. The first-order valence-electron chi connectivity index (χ1n) is 9.52. The molecule has 0 aromatic heterocycles. The van der Waals surface area contributed by atoms with Gasteiger partial charge in [0.2, 0.25) is 0 Å². The fourth-order valence-corrected chi connectivity index (χ4v) is 3.88. The minimum atomic E-state index is -0.777. The molecule has 28 heavy (non-hydrogen) atoms. The molecule has 3 rings (SSSR count). The molecule has 0 saturated carbocycles. The summed E-state index contributed by atoms with van der Waals surface area (Å²) < 4.78 is 16.2. The number of anilines is 1. The van der Waals surface area contributed by atoms with Gasteiger partial charge in [0, 0.05) is 30.4 Å². The molecule has 1 aromatic carbocycles. The van der Waals surface area contributed by atoms with Crippen molar-refractivity contribution in [3.8, 4) is 11.5 Å². The molecule has 9 heteroatoms. The Morgan fingerprint density at radius 2 is 1.82 bits per heavy atom. The van der Waals surface area contributed by atoms with Crippen LogP contribution in [0, 0.1) is 0 Å². The standard InChI is InChI=1S/C19H29N3O6/c1-26-13-7-12(8-14(9-13)27-2)21-19(25)20-10-15-17(22-5-3-4-6-22)18(24)16(11-23)28-15/h7-9,15-18,23-24H,3-6,10-11H2,1-2H3,(H2,20,21,25)/t15-,16-,17-,18+/m0/s1. The molecule has 1 aromatic rings. The normalized spacial score (nSPS) is 27.6. The first kappa shape index (κ1) is 20.7. The average molecular weight is 395 g/mol. The van der Waals surface area contributed by atoms with E-state index in [1.54, 1.807) is 18.2 Å². The molecular weight excluding hydrogens is 366 g/mol. The van der Waals surface area contributed by atoms with Crippen molar-refractivity contribution >= 4 is 11.7 Å². The minimum absolute atomic E-state index is 0.224. The SMILES string of the molecule is COc1cc(NC(=O)NC[C@@H]2O[C@@H](CO)[C@@H](O)[C@H]2N2CCCC2)cc(OC)c1. The summed E-state index contributed by atoms with van der Waals surface area (Å²) in [5, 5.41) is 25.5. The zero-order valence-electron chi connectivity index (χ0n) is 16.3. The molecule has 9 nitrogen and oxygen atoms in total. The van der Waals surface area contributed by atoms with Gasteiger partial charge in [0.25, 0.3) is 0 Å². The summed E-state index contributed by atoms with van der Waals surface area (Å²) in [6.07, 6.45) is 0.343. The Morgan fingerprint density at radius 1 is 1.18 bits per heavy atom. The molecule has 0 bridgehead atoms. The van der Waals surface area contributed by atoms with Crippen LogP contribution in [0.3, 0.4) is 0 Å². The lowest BCUT2D eigenvalue weighted by Gasteiger charge is -2.30. The number of aliphatic hydroxyl groups excluding tert-OH is 2. The summed E-state index contributed by atoms with van der Waals surface area (Å²) in [5.41, 5.74) is 0.533. The molecular formula is C19H29N3O6. The highest BCUT2D eigenvalue weighted by atomic mass is 16.5. The summed E-state index contributed by atoms with van der Waals surface area (Å²) in [6.45, 7) is 1.74. The maximum Gasteiger partial charge on any atom is 0.319 e. The number of likely N-dealkylation sites (tertiary alicyclic amines) is 1. The lowest BCUT2D eigenvalue weighted by Crippen LogP contribution is -2.50. The monoisotopic (exact) mass is 395 g/mol. The lowest BCUT2D eigenvalue weighted by atomic mass is 10.0. The van der Waals surface area contributed by atoms with Crippen LogP contribution >= 0.6 is 0 Å². The number of rotatable bonds is 7. The van der Waals surface area contributed by atoms with Crippen LogP contribution in [0.25, 0.3) is 0 Å². The highest BCUT2D eigenvalue weighted by molar-refractivity contribution is 5.89. The van der Waals surface area contributed by atoms with Gasteiger partial charge in [-0.25, -0.2) is 4.79 Å². The van der Waals surface area contributed by atoms with Crippen LogP contribution in [-0.2, 0) is 4.74 Å². The molecule has 2 heterocycles. The largest absolute Gasteiger partial charge is 0.497 e. The first-order chi connectivity index (χ1) is 13.5. The third kappa shape index (κ3) is 4.67. The number of aliphatic hydroxyl groups is 2. The van der Waals surface area contributed by atoms with E-state index < -0.39 is 24.3 Å². The van der Waals surface area contributed by atoms with E-state index in [1.807, 2.05) is 0 Å². The van der Waals surface area contributed by atoms with Crippen LogP contribution in [0.1, 0.15) is 12.8 Å². The number of ether oxygens (including phenoxy) is 3. The van der Waals surface area contributed by atoms with Gasteiger partial charge in [-0.1, -0.05) is 0 Å². The molecule has 156 valence electrons. The highest BCUT2D eigenvalue weighted by Gasteiger charge is 2.46. The molecule has 2 aliphatic rings. The Labute approximate surface area is 164 Å². The van der Waals surface area contributed by atoms with Gasteiger partial charge in [0.15, 0.2) is 0 Å². The number of hydrogen-bond donors (Lipinski definition) is 4. The fraction of sp³-hybridized carbons (Fsp3) is 0.632. The Hall–Kier alpha value is -2.07. The van der Waals surface area contributed by atoms with Crippen molar-refractivity contribution in [3.63, 3.8) is 0 Å². The van der Waals surface area contributed by atoms with Gasteiger partial charge in [0.1, 0.15) is 23.7 Å². The summed E-state index contributed by atoms with van der Waals surface area (Å²) in [4.78, 5) is 14.5. The van der Waals surface area contributed by atoms with E-state index >= 15 is 0 Å². The molecule has 2 amide bonds. The van der Waals surface area contributed by atoms with E-state index in [2.05, 4.69) is 15.5 Å². The van der Waals surface area contributed by atoms with Crippen LogP contribution in [-0.4, -0.2) is 86.0 Å². The third-order valence-electron chi connectivity index (χ3n) is 5.28. The summed E-state index contributed by atoms with van der Waals surface area (Å²) in [6, 6.07) is 4.45. The Balaban J connectivity index is 1.60. The Morgan fingerprint density at radius 3 is 2.39 bits per heavy atom. The van der Waals surface area contributed by atoms with E-state index in [0.717, 1.165) is 25.9 Å². The molecule has 0 spiro atoms. The van der Waals surface area contributed by atoms with E-state index in [0.29, 0.717) is 17.2 Å². The fourth-order valence-electron chi connectivity index (χ4n) is 3.88. The Bertz CT molecular complexity index is 645. The van der Waals surface area contributed by atoms with Gasteiger partial charge in [-0.05, 0) is 25.9 Å². The number of methoxy groups -OCH3 is 2. The number of nitrogens with zero attached hydrogens (tertiary/aromatic N) is 1. The maximum absolute atomic E-state index is 12.3. The van der Waals surface area contributed by atoms with Gasteiger partial charge in [-0.2, -0.15) is 0 Å². The highest BCUT2D eigenvalue weighted by Crippen LogP contribution is 2.28. The Kier molecular flexibility index (Phi) is 6.95. The van der Waals surface area contributed by atoms with Gasteiger partial charge in [-0.3, -0.25) is 4.90 Å². The lowest BCUT2D eigenvalue weighted by molar-refractivity contribution is -0.0205. The topological polar surface area (TPSA) is 113 Å². The predicted molar refractivity (Wildman–Crippen MR) is 103 cm³/mol. The van der Waals surface area contributed by atoms with Gasteiger partial charge in [0.05, 0.1) is 33.0 Å². The number of carbonyl (C=O) groups excluding carboxylic acids is 1. The summed E-state index contributed by atoms with van der Waals surface area (Å²) >= 11 is 0. The molecule has 4 atom stereocenters. The van der Waals surface area contributed by atoms with Gasteiger partial charge in [-0.15, -0.1) is 0 Å². The number of amides is 2. The van der Waals surface area contributed by atoms with Crippen LogP contribution in [0.2, 0.25) is 0 Å². The van der Waals surface area contributed by atoms with E-state index in [9.17, 15) is 15.0 Å². The second-order valence-corrected chi connectivity index (χ2v) is 7.06. The molecule has 2 fully saturated rings. The molecule has 4 N–H and O–H groups in total. The summed E-state index contributed by atoms with van der Waals surface area (Å²) in [7, 11) is 3.08. The number of nitrogens with one attached hydrogen (secondary N) is 2. The van der Waals surface area contributed by atoms with Gasteiger partial charge >= 0.3 is 6.03 Å². The zero-order chi connectivity index (χ0) is 20.1. The number of hydrogen-bond acceptors (Lipinski definition) is 7. The quantitative estimate of drug-likeness (QED) is 0.529. The molecule has 0 aliphatic carbocycles. The molecule has 0 unspecified atom stereocenters. The van der Waals surface area contributed by atoms with E-state index in [-0.39, 0.29) is 19.2 Å². The summed E-state index contributed by atoms with van der Waals surface area (Å²) in [5.74, 6) is 1.13. The predicted octanol–water partition coefficient (Wildman–Crippen LogP) is 0.410. The van der Waals surface area contributed by atoms with Crippen molar-refractivity contribution in [2.75, 3.05) is 45.8 Å². The number of urea groups is 1. The van der Waals surface area contributed by atoms with Crippen molar-refractivity contribution in [3.05, 3.63) is 18.2 Å². The molecule has 0 radical (unpaired) electrons. The smallest absolute Gasteiger partial charge is 0.319 e. The van der Waals surface area contributed by atoms with Crippen LogP contribution in [0.5, 0.6) is 11.5 Å². The molecule has 2 aliphatic heterocycles. The van der Waals surface area contributed by atoms with Crippen molar-refractivity contribution in [1.29, 1.82) is 0 Å². The second-order valence-electron chi connectivity index (χ2n) is 7.06. The van der Waals surface area contributed by atoms with E-state index in [1.165, 1.54) is 14.2 Å². The minimum Gasteiger partial charge on any atom is -0.497 e. The van der Waals surface area contributed by atoms with Crippen LogP contribution in [0.4, 0.5) is 10.5 Å². The van der Waals surface area contributed by atoms with Crippen LogP contribution in [0.15, 0.2) is 18.2 Å². The van der Waals surface area contributed by atoms with Crippen LogP contribution < -0.4 is 20.1 Å². The van der Waals surface area contributed by atoms with E-state index in [4.69, 9.17) is 14.2 Å². The van der Waals surface area contributed by atoms with Crippen molar-refractivity contribution in [2.45, 2.75) is 37.2 Å². The zero-order valence-corrected chi connectivity index (χ0v) is 16.3. The molecule has 2 saturated heterocycles. The third-order valence-corrected chi connectivity index (χ3v) is 5.28. The van der Waals surface area contributed by atoms with Crippen molar-refractivity contribution in [2.24, 2.45) is 0 Å².